The maximum Gasteiger partial charge on any atom is 0.239 e. The zero-order valence-electron chi connectivity index (χ0n) is 12.0. The number of carbonyl (C=O) groups is 1. The van der Waals surface area contributed by atoms with Gasteiger partial charge in [-0.3, -0.25) is 4.79 Å². The highest BCUT2D eigenvalue weighted by Crippen LogP contribution is 2.21. The second kappa shape index (κ2) is 6.86. The molecular formula is C16H24N2O2. The first-order valence-corrected chi connectivity index (χ1v) is 7.34. The molecular weight excluding hydrogens is 252 g/mol. The molecule has 0 aromatic heterocycles. The van der Waals surface area contributed by atoms with Crippen LogP contribution in [0.3, 0.4) is 0 Å². The molecule has 110 valence electrons. The van der Waals surface area contributed by atoms with Gasteiger partial charge in [0.1, 0.15) is 0 Å². The fourth-order valence-electron chi connectivity index (χ4n) is 2.79. The Balaban J connectivity index is 1.85. The molecule has 1 amide bonds. The Morgan fingerprint density at radius 1 is 1.35 bits per heavy atom. The van der Waals surface area contributed by atoms with Crippen LogP contribution in [-0.4, -0.2) is 41.1 Å². The molecule has 0 saturated carbocycles. The van der Waals surface area contributed by atoms with E-state index in [1.807, 2.05) is 42.2 Å². The lowest BCUT2D eigenvalue weighted by Crippen LogP contribution is -2.48. The minimum atomic E-state index is -0.472. The highest BCUT2D eigenvalue weighted by atomic mass is 16.3. The van der Waals surface area contributed by atoms with Gasteiger partial charge < -0.3 is 15.7 Å². The van der Waals surface area contributed by atoms with Gasteiger partial charge in [0.05, 0.1) is 12.1 Å². The van der Waals surface area contributed by atoms with Crippen molar-refractivity contribution in [1.82, 2.24) is 4.90 Å². The Bertz CT molecular complexity index is 425. The lowest BCUT2D eigenvalue weighted by atomic mass is 9.91. The third kappa shape index (κ3) is 3.81. The van der Waals surface area contributed by atoms with E-state index in [9.17, 15) is 9.90 Å². The third-order valence-corrected chi connectivity index (χ3v) is 4.15. The van der Waals surface area contributed by atoms with E-state index >= 15 is 0 Å². The van der Waals surface area contributed by atoms with Crippen molar-refractivity contribution < 1.29 is 9.90 Å². The number of nitrogens with zero attached hydrogens (tertiary/aromatic N) is 1. The number of benzene rings is 1. The molecule has 1 aromatic carbocycles. The number of aliphatic hydroxyl groups excluding tert-OH is 1. The predicted octanol–water partition coefficient (Wildman–Crippen LogP) is 1.18. The van der Waals surface area contributed by atoms with Gasteiger partial charge in [0, 0.05) is 13.1 Å². The van der Waals surface area contributed by atoms with Crippen molar-refractivity contribution in [2.45, 2.75) is 38.3 Å². The van der Waals surface area contributed by atoms with Gasteiger partial charge >= 0.3 is 0 Å². The normalized spacial score (nSPS) is 19.6. The van der Waals surface area contributed by atoms with Crippen molar-refractivity contribution in [3.05, 3.63) is 35.9 Å². The molecule has 1 aliphatic heterocycles. The Morgan fingerprint density at radius 2 is 1.95 bits per heavy atom. The summed E-state index contributed by atoms with van der Waals surface area (Å²) in [6, 6.07) is 9.39. The average molecular weight is 276 g/mol. The number of likely N-dealkylation sites (tertiary alicyclic amines) is 1. The monoisotopic (exact) mass is 276 g/mol. The Hall–Kier alpha value is -1.39. The van der Waals surface area contributed by atoms with Crippen LogP contribution in [0.15, 0.2) is 30.3 Å². The molecule has 4 nitrogen and oxygen atoms in total. The van der Waals surface area contributed by atoms with Gasteiger partial charge in [-0.2, -0.15) is 0 Å². The Kier molecular flexibility index (Phi) is 5.15. The molecule has 0 spiro atoms. The van der Waals surface area contributed by atoms with E-state index in [-0.39, 0.29) is 12.0 Å². The van der Waals surface area contributed by atoms with Crippen LogP contribution in [-0.2, 0) is 11.2 Å². The molecule has 20 heavy (non-hydrogen) atoms. The van der Waals surface area contributed by atoms with Gasteiger partial charge in [0.15, 0.2) is 0 Å². The smallest absolute Gasteiger partial charge is 0.239 e. The van der Waals surface area contributed by atoms with Gasteiger partial charge in [0.2, 0.25) is 5.91 Å². The van der Waals surface area contributed by atoms with E-state index in [0.717, 1.165) is 18.4 Å². The van der Waals surface area contributed by atoms with Gasteiger partial charge in [-0.1, -0.05) is 30.3 Å². The SMILES string of the molecule is CC(O)C1CCN(C(=O)[C@@H](N)Cc2ccccc2)CC1. The number of carbonyl (C=O) groups excluding carboxylic acids is 1. The second-order valence-corrected chi connectivity index (χ2v) is 5.70. The van der Waals surface area contributed by atoms with Gasteiger partial charge in [-0.25, -0.2) is 0 Å². The first-order valence-electron chi connectivity index (χ1n) is 7.34. The summed E-state index contributed by atoms with van der Waals surface area (Å²) in [5.74, 6) is 0.335. The topological polar surface area (TPSA) is 66.6 Å². The summed E-state index contributed by atoms with van der Waals surface area (Å²) in [5, 5.41) is 9.58. The molecule has 1 saturated heterocycles. The molecule has 1 aliphatic rings. The van der Waals surface area contributed by atoms with Crippen LogP contribution in [0.2, 0.25) is 0 Å². The molecule has 2 atom stereocenters. The molecule has 0 radical (unpaired) electrons. The van der Waals surface area contributed by atoms with Crippen LogP contribution in [0, 0.1) is 5.92 Å². The van der Waals surface area contributed by atoms with E-state index in [1.54, 1.807) is 0 Å². The van der Waals surface area contributed by atoms with Crippen molar-refractivity contribution in [1.29, 1.82) is 0 Å². The molecule has 3 N–H and O–H groups in total. The van der Waals surface area contributed by atoms with Crippen LogP contribution < -0.4 is 5.73 Å². The molecule has 1 fully saturated rings. The molecule has 1 aromatic rings. The summed E-state index contributed by atoms with van der Waals surface area (Å²) in [6.45, 7) is 3.23. The van der Waals surface area contributed by atoms with Crippen molar-refractivity contribution in [3.8, 4) is 0 Å². The largest absolute Gasteiger partial charge is 0.393 e. The summed E-state index contributed by atoms with van der Waals surface area (Å²) in [5.41, 5.74) is 7.12. The fraction of sp³-hybridized carbons (Fsp3) is 0.562. The first-order chi connectivity index (χ1) is 9.58. The average Bonchev–Trinajstić information content (AvgIpc) is 2.47. The first kappa shape index (κ1) is 15.0. The lowest BCUT2D eigenvalue weighted by molar-refractivity contribution is -0.134. The number of rotatable bonds is 4. The minimum absolute atomic E-state index is 0.0258. The maximum absolute atomic E-state index is 12.3. The highest BCUT2D eigenvalue weighted by Gasteiger charge is 2.28. The van der Waals surface area contributed by atoms with Gasteiger partial charge in [-0.15, -0.1) is 0 Å². The quantitative estimate of drug-likeness (QED) is 0.867. The van der Waals surface area contributed by atoms with Crippen LogP contribution in [0.25, 0.3) is 0 Å². The van der Waals surface area contributed by atoms with Crippen molar-refractivity contribution in [2.75, 3.05) is 13.1 Å². The zero-order chi connectivity index (χ0) is 14.5. The number of piperidine rings is 1. The van der Waals surface area contributed by atoms with Crippen molar-refractivity contribution in [2.24, 2.45) is 11.7 Å². The van der Waals surface area contributed by atoms with Gasteiger partial charge in [0.25, 0.3) is 0 Å². The summed E-state index contributed by atoms with van der Waals surface area (Å²) in [6.07, 6.45) is 2.02. The minimum Gasteiger partial charge on any atom is -0.393 e. The van der Waals surface area contributed by atoms with Crippen LogP contribution >= 0.6 is 0 Å². The van der Waals surface area contributed by atoms with E-state index in [0.29, 0.717) is 25.4 Å². The highest BCUT2D eigenvalue weighted by molar-refractivity contribution is 5.82. The van der Waals surface area contributed by atoms with Gasteiger partial charge in [-0.05, 0) is 37.7 Å². The number of nitrogens with two attached hydrogens (primary N) is 1. The zero-order valence-corrected chi connectivity index (χ0v) is 12.0. The lowest BCUT2D eigenvalue weighted by Gasteiger charge is -2.34. The number of hydrogen-bond donors (Lipinski definition) is 2. The molecule has 1 unspecified atom stereocenters. The number of hydrogen-bond acceptors (Lipinski definition) is 3. The standard InChI is InChI=1S/C16H24N2O2/c1-12(19)14-7-9-18(10-8-14)16(20)15(17)11-13-5-3-2-4-6-13/h2-6,12,14-15,19H,7-11,17H2,1H3/t12?,15-/m0/s1. The summed E-state index contributed by atoms with van der Waals surface area (Å²) in [4.78, 5) is 14.2. The molecule has 0 aliphatic carbocycles. The predicted molar refractivity (Wildman–Crippen MR) is 79.1 cm³/mol. The van der Waals surface area contributed by atoms with Crippen LogP contribution in [0.5, 0.6) is 0 Å². The van der Waals surface area contributed by atoms with E-state index in [4.69, 9.17) is 5.73 Å². The number of amides is 1. The van der Waals surface area contributed by atoms with E-state index < -0.39 is 6.04 Å². The van der Waals surface area contributed by atoms with E-state index in [2.05, 4.69) is 0 Å². The third-order valence-electron chi connectivity index (χ3n) is 4.15. The summed E-state index contributed by atoms with van der Waals surface area (Å²) >= 11 is 0. The maximum atomic E-state index is 12.3. The summed E-state index contributed by atoms with van der Waals surface area (Å²) < 4.78 is 0. The van der Waals surface area contributed by atoms with E-state index in [1.165, 1.54) is 0 Å². The number of aliphatic hydroxyl groups is 1. The van der Waals surface area contributed by atoms with Crippen LogP contribution in [0.4, 0.5) is 0 Å². The van der Waals surface area contributed by atoms with Crippen molar-refractivity contribution >= 4 is 5.91 Å². The Labute approximate surface area is 120 Å². The molecule has 0 bridgehead atoms. The second-order valence-electron chi connectivity index (χ2n) is 5.70. The van der Waals surface area contributed by atoms with Crippen molar-refractivity contribution in [3.63, 3.8) is 0 Å². The molecule has 2 rings (SSSR count). The fourth-order valence-corrected chi connectivity index (χ4v) is 2.79. The summed E-state index contributed by atoms with van der Waals surface area (Å²) in [7, 11) is 0. The molecule has 4 heteroatoms. The Morgan fingerprint density at radius 3 is 2.50 bits per heavy atom. The molecule has 1 heterocycles. The van der Waals surface area contributed by atoms with Crippen LogP contribution in [0.1, 0.15) is 25.3 Å².